The lowest BCUT2D eigenvalue weighted by Crippen LogP contribution is -2.18. The first-order valence-corrected chi connectivity index (χ1v) is 7.38. The molecule has 2 rings (SSSR count). The Morgan fingerprint density at radius 3 is 2.55 bits per heavy atom. The summed E-state index contributed by atoms with van der Waals surface area (Å²) in [7, 11) is 0. The fraction of sp³-hybridized carbons (Fsp3) is 0.250. The van der Waals surface area contributed by atoms with Gasteiger partial charge in [0.1, 0.15) is 0 Å². The molecule has 1 unspecified atom stereocenters. The van der Waals surface area contributed by atoms with Crippen LogP contribution in [0.1, 0.15) is 25.5 Å². The molecule has 0 saturated heterocycles. The number of benzene rings is 2. The van der Waals surface area contributed by atoms with Gasteiger partial charge in [-0.3, -0.25) is 0 Å². The molecule has 0 aliphatic carbocycles. The van der Waals surface area contributed by atoms with E-state index >= 15 is 0 Å². The average Bonchev–Trinajstić information content (AvgIpc) is 2.44. The number of halogens is 2. The Morgan fingerprint density at radius 1 is 1.10 bits per heavy atom. The normalized spacial score (nSPS) is 12.4. The van der Waals surface area contributed by atoms with Gasteiger partial charge in [0.2, 0.25) is 0 Å². The van der Waals surface area contributed by atoms with Crippen molar-refractivity contribution < 1.29 is 8.78 Å². The lowest BCUT2D eigenvalue weighted by atomic mass is 10.1. The van der Waals surface area contributed by atoms with Gasteiger partial charge in [-0.25, -0.2) is 8.78 Å². The average molecular weight is 293 g/mol. The molecular formula is C16H17F2NS. The molecule has 0 radical (unpaired) electrons. The molecule has 0 spiro atoms. The van der Waals surface area contributed by atoms with Gasteiger partial charge in [0.15, 0.2) is 11.6 Å². The molecule has 20 heavy (non-hydrogen) atoms. The maximum Gasteiger partial charge on any atom is 0.159 e. The predicted molar refractivity (Wildman–Crippen MR) is 79.0 cm³/mol. The summed E-state index contributed by atoms with van der Waals surface area (Å²) in [6.45, 7) is 5.03. The minimum Gasteiger partial charge on any atom is -0.310 e. The Balaban J connectivity index is 2.26. The third kappa shape index (κ3) is 3.58. The van der Waals surface area contributed by atoms with Gasteiger partial charge < -0.3 is 5.32 Å². The Morgan fingerprint density at radius 2 is 1.85 bits per heavy atom. The van der Waals surface area contributed by atoms with E-state index in [1.165, 1.54) is 17.8 Å². The molecule has 106 valence electrons. The molecule has 0 aliphatic rings. The predicted octanol–water partition coefficient (Wildman–Crippen LogP) is 4.79. The SMILES string of the molecule is CCNC(C)c1ccccc1Sc1ccc(F)c(F)c1. The van der Waals surface area contributed by atoms with Crippen molar-refractivity contribution in [3.05, 3.63) is 59.7 Å². The first kappa shape index (κ1) is 15.0. The van der Waals surface area contributed by atoms with Crippen molar-refractivity contribution in [1.29, 1.82) is 0 Å². The molecule has 0 fully saturated rings. The zero-order valence-electron chi connectivity index (χ0n) is 11.5. The maximum absolute atomic E-state index is 13.3. The highest BCUT2D eigenvalue weighted by molar-refractivity contribution is 7.99. The second kappa shape index (κ2) is 6.86. The fourth-order valence-electron chi connectivity index (χ4n) is 2.01. The van der Waals surface area contributed by atoms with Crippen molar-refractivity contribution in [1.82, 2.24) is 5.32 Å². The van der Waals surface area contributed by atoms with Crippen LogP contribution in [0.15, 0.2) is 52.3 Å². The van der Waals surface area contributed by atoms with Gasteiger partial charge in [-0.15, -0.1) is 0 Å². The van der Waals surface area contributed by atoms with E-state index in [1.54, 1.807) is 6.07 Å². The van der Waals surface area contributed by atoms with Crippen LogP contribution < -0.4 is 5.32 Å². The van der Waals surface area contributed by atoms with Gasteiger partial charge in [-0.2, -0.15) is 0 Å². The summed E-state index contributed by atoms with van der Waals surface area (Å²) < 4.78 is 26.2. The summed E-state index contributed by atoms with van der Waals surface area (Å²) in [4.78, 5) is 1.74. The summed E-state index contributed by atoms with van der Waals surface area (Å²) in [6.07, 6.45) is 0. The zero-order chi connectivity index (χ0) is 14.5. The van der Waals surface area contributed by atoms with Crippen LogP contribution >= 0.6 is 11.8 Å². The zero-order valence-corrected chi connectivity index (χ0v) is 12.3. The molecule has 4 heteroatoms. The highest BCUT2D eigenvalue weighted by Crippen LogP contribution is 2.33. The topological polar surface area (TPSA) is 12.0 Å². The molecule has 1 atom stereocenters. The molecule has 0 aromatic heterocycles. The first-order valence-electron chi connectivity index (χ1n) is 6.57. The summed E-state index contributed by atoms with van der Waals surface area (Å²) in [6, 6.07) is 12.2. The highest BCUT2D eigenvalue weighted by Gasteiger charge is 2.11. The van der Waals surface area contributed by atoms with E-state index in [1.807, 2.05) is 18.2 Å². The van der Waals surface area contributed by atoms with E-state index in [2.05, 4.69) is 25.2 Å². The fourth-order valence-corrected chi connectivity index (χ4v) is 3.08. The smallest absolute Gasteiger partial charge is 0.159 e. The third-order valence-corrected chi connectivity index (χ3v) is 4.10. The Kier molecular flexibility index (Phi) is 5.15. The summed E-state index contributed by atoms with van der Waals surface area (Å²) in [5.74, 6) is -1.63. The molecule has 0 amide bonds. The van der Waals surface area contributed by atoms with Gasteiger partial charge in [-0.05, 0) is 43.3 Å². The molecule has 0 bridgehead atoms. The van der Waals surface area contributed by atoms with E-state index < -0.39 is 11.6 Å². The molecule has 2 aromatic rings. The molecule has 0 aliphatic heterocycles. The van der Waals surface area contributed by atoms with Crippen LogP contribution in [0, 0.1) is 11.6 Å². The van der Waals surface area contributed by atoms with Gasteiger partial charge in [0.05, 0.1) is 0 Å². The lowest BCUT2D eigenvalue weighted by Gasteiger charge is -2.16. The van der Waals surface area contributed by atoms with E-state index in [-0.39, 0.29) is 6.04 Å². The second-order valence-electron chi connectivity index (χ2n) is 4.50. The highest BCUT2D eigenvalue weighted by atomic mass is 32.2. The number of nitrogens with one attached hydrogen (secondary N) is 1. The molecule has 1 nitrogen and oxygen atoms in total. The van der Waals surface area contributed by atoms with Crippen LogP contribution in [0.2, 0.25) is 0 Å². The molecule has 0 saturated carbocycles. The largest absolute Gasteiger partial charge is 0.310 e. The van der Waals surface area contributed by atoms with Crippen LogP contribution in [-0.2, 0) is 0 Å². The van der Waals surface area contributed by atoms with Gasteiger partial charge in [0, 0.05) is 15.8 Å². The van der Waals surface area contributed by atoms with Crippen LogP contribution in [0.4, 0.5) is 8.78 Å². The van der Waals surface area contributed by atoms with Crippen molar-refractivity contribution >= 4 is 11.8 Å². The lowest BCUT2D eigenvalue weighted by molar-refractivity contribution is 0.506. The van der Waals surface area contributed by atoms with Crippen LogP contribution in [0.3, 0.4) is 0 Å². The number of rotatable bonds is 5. The van der Waals surface area contributed by atoms with Gasteiger partial charge in [0.25, 0.3) is 0 Å². The third-order valence-electron chi connectivity index (χ3n) is 3.01. The van der Waals surface area contributed by atoms with E-state index in [0.29, 0.717) is 4.90 Å². The summed E-state index contributed by atoms with van der Waals surface area (Å²) >= 11 is 1.44. The number of hydrogen-bond donors (Lipinski definition) is 1. The molecule has 2 aromatic carbocycles. The minimum absolute atomic E-state index is 0.217. The first-order chi connectivity index (χ1) is 9.61. The van der Waals surface area contributed by atoms with Gasteiger partial charge in [-0.1, -0.05) is 36.9 Å². The van der Waals surface area contributed by atoms with E-state index in [9.17, 15) is 8.78 Å². The van der Waals surface area contributed by atoms with Crippen molar-refractivity contribution in [3.63, 3.8) is 0 Å². The Hall–Kier alpha value is -1.39. The van der Waals surface area contributed by atoms with Crippen molar-refractivity contribution in [2.75, 3.05) is 6.54 Å². The van der Waals surface area contributed by atoms with E-state index in [0.717, 1.165) is 23.1 Å². The minimum atomic E-state index is -0.816. The molecular weight excluding hydrogens is 276 g/mol. The summed E-state index contributed by atoms with van der Waals surface area (Å²) in [5, 5.41) is 3.36. The summed E-state index contributed by atoms with van der Waals surface area (Å²) in [5.41, 5.74) is 1.16. The monoisotopic (exact) mass is 293 g/mol. The van der Waals surface area contributed by atoms with Crippen LogP contribution in [-0.4, -0.2) is 6.54 Å². The Labute approximate surface area is 122 Å². The van der Waals surface area contributed by atoms with Crippen molar-refractivity contribution in [2.45, 2.75) is 29.7 Å². The quantitative estimate of drug-likeness (QED) is 0.851. The van der Waals surface area contributed by atoms with Crippen molar-refractivity contribution in [2.24, 2.45) is 0 Å². The van der Waals surface area contributed by atoms with Crippen LogP contribution in [0.5, 0.6) is 0 Å². The molecule has 1 N–H and O–H groups in total. The number of hydrogen-bond acceptors (Lipinski definition) is 2. The van der Waals surface area contributed by atoms with Gasteiger partial charge >= 0.3 is 0 Å². The maximum atomic E-state index is 13.3. The van der Waals surface area contributed by atoms with Crippen molar-refractivity contribution in [3.8, 4) is 0 Å². The molecule has 0 heterocycles. The van der Waals surface area contributed by atoms with Crippen LogP contribution in [0.25, 0.3) is 0 Å². The van der Waals surface area contributed by atoms with E-state index in [4.69, 9.17) is 0 Å². The second-order valence-corrected chi connectivity index (χ2v) is 5.61. The Bertz CT molecular complexity index is 586. The standard InChI is InChI=1S/C16H17F2NS/c1-3-19-11(2)13-6-4-5-7-16(13)20-12-8-9-14(17)15(18)10-12/h4-11,19H,3H2,1-2H3.